The van der Waals surface area contributed by atoms with Gasteiger partial charge in [-0.25, -0.2) is 0 Å². The van der Waals surface area contributed by atoms with Gasteiger partial charge in [0.2, 0.25) is 0 Å². The van der Waals surface area contributed by atoms with Crippen molar-refractivity contribution >= 4 is 11.8 Å². The zero-order chi connectivity index (χ0) is 12.3. The first-order chi connectivity index (χ1) is 8.19. The van der Waals surface area contributed by atoms with Crippen molar-refractivity contribution in [1.29, 1.82) is 0 Å². The van der Waals surface area contributed by atoms with Crippen LogP contribution in [0.15, 0.2) is 29.2 Å². The first-order valence-corrected chi connectivity index (χ1v) is 7.50. The predicted octanol–water partition coefficient (Wildman–Crippen LogP) is 2.76. The van der Waals surface area contributed by atoms with Crippen molar-refractivity contribution < 1.29 is 0 Å². The van der Waals surface area contributed by atoms with E-state index in [4.69, 9.17) is 0 Å². The van der Waals surface area contributed by atoms with Crippen LogP contribution >= 0.6 is 11.8 Å². The quantitative estimate of drug-likeness (QED) is 0.827. The van der Waals surface area contributed by atoms with E-state index < -0.39 is 0 Å². The Labute approximate surface area is 109 Å². The lowest BCUT2D eigenvalue weighted by Gasteiger charge is -2.20. The summed E-state index contributed by atoms with van der Waals surface area (Å²) >= 11 is 1.80. The molecule has 1 N–H and O–H groups in total. The molecule has 0 saturated carbocycles. The average molecular weight is 250 g/mol. The lowest BCUT2D eigenvalue weighted by molar-refractivity contribution is 0.387. The van der Waals surface area contributed by atoms with E-state index in [1.165, 1.54) is 30.0 Å². The second kappa shape index (κ2) is 5.89. The normalized spacial score (nSPS) is 22.9. The smallest absolute Gasteiger partial charge is 0.0294 e. The molecule has 2 nitrogen and oxygen atoms in total. The van der Waals surface area contributed by atoms with Crippen molar-refractivity contribution in [2.45, 2.75) is 30.3 Å². The number of benzene rings is 1. The Morgan fingerprint density at radius 2 is 2.06 bits per heavy atom. The summed E-state index contributed by atoms with van der Waals surface area (Å²) in [4.78, 5) is 3.72. The largest absolute Gasteiger partial charge is 0.306 e. The first-order valence-electron chi connectivity index (χ1n) is 6.27. The first kappa shape index (κ1) is 12.9. The van der Waals surface area contributed by atoms with Gasteiger partial charge in [-0.05, 0) is 50.9 Å². The highest BCUT2D eigenvalue weighted by atomic mass is 32.2. The maximum Gasteiger partial charge on any atom is 0.0294 e. The molecule has 0 amide bonds. The fourth-order valence-electron chi connectivity index (χ4n) is 2.41. The Kier molecular flexibility index (Phi) is 4.48. The van der Waals surface area contributed by atoms with E-state index >= 15 is 0 Å². The summed E-state index contributed by atoms with van der Waals surface area (Å²) in [6, 6.07) is 9.99. The molecule has 0 bridgehead atoms. The highest BCUT2D eigenvalue weighted by Gasteiger charge is 2.20. The number of hydrogen-bond donors (Lipinski definition) is 1. The van der Waals surface area contributed by atoms with E-state index in [2.05, 4.69) is 54.7 Å². The van der Waals surface area contributed by atoms with E-state index in [-0.39, 0.29) is 0 Å². The summed E-state index contributed by atoms with van der Waals surface area (Å²) in [5.41, 5.74) is 1.39. The molecule has 1 aromatic carbocycles. The van der Waals surface area contributed by atoms with Gasteiger partial charge in [0.15, 0.2) is 0 Å². The summed E-state index contributed by atoms with van der Waals surface area (Å²) in [5, 5.41) is 3.71. The van der Waals surface area contributed by atoms with Crippen molar-refractivity contribution in [3.05, 3.63) is 29.8 Å². The third-order valence-corrected chi connectivity index (χ3v) is 4.24. The van der Waals surface area contributed by atoms with E-state index in [0.717, 1.165) is 0 Å². The Bertz CT molecular complexity index is 350. The Morgan fingerprint density at radius 1 is 1.35 bits per heavy atom. The van der Waals surface area contributed by atoms with E-state index in [0.29, 0.717) is 12.1 Å². The van der Waals surface area contributed by atoms with Gasteiger partial charge in [0.25, 0.3) is 0 Å². The average Bonchev–Trinajstić information content (AvgIpc) is 2.75. The molecular weight excluding hydrogens is 228 g/mol. The zero-order valence-corrected chi connectivity index (χ0v) is 11.8. The van der Waals surface area contributed by atoms with Crippen molar-refractivity contribution in [1.82, 2.24) is 10.2 Å². The highest BCUT2D eigenvalue weighted by Crippen LogP contribution is 2.20. The van der Waals surface area contributed by atoms with Crippen LogP contribution in [-0.2, 0) is 0 Å². The predicted molar refractivity (Wildman–Crippen MR) is 75.7 cm³/mol. The number of thioether (sulfide) groups is 1. The number of nitrogens with zero attached hydrogens (tertiary/aromatic N) is 1. The van der Waals surface area contributed by atoms with Gasteiger partial charge < -0.3 is 10.2 Å². The highest BCUT2D eigenvalue weighted by molar-refractivity contribution is 7.98. The van der Waals surface area contributed by atoms with Crippen LogP contribution in [0.5, 0.6) is 0 Å². The second-order valence-electron chi connectivity index (χ2n) is 4.91. The van der Waals surface area contributed by atoms with Gasteiger partial charge in [-0.1, -0.05) is 12.1 Å². The molecule has 94 valence electrons. The van der Waals surface area contributed by atoms with Gasteiger partial charge in [-0.2, -0.15) is 0 Å². The molecule has 1 aliphatic heterocycles. The van der Waals surface area contributed by atoms with Gasteiger partial charge >= 0.3 is 0 Å². The molecule has 3 heteroatoms. The SMILES string of the molecule is CSc1ccc(C(C)NC2CCN(C)C2)cc1. The molecule has 0 aromatic heterocycles. The minimum absolute atomic E-state index is 0.447. The molecule has 1 aliphatic rings. The molecule has 2 atom stereocenters. The van der Waals surface area contributed by atoms with Crippen molar-refractivity contribution in [2.75, 3.05) is 26.4 Å². The summed E-state index contributed by atoms with van der Waals surface area (Å²) in [5.74, 6) is 0. The number of likely N-dealkylation sites (N-methyl/N-ethyl adjacent to an activating group) is 1. The van der Waals surface area contributed by atoms with E-state index in [1.807, 2.05) is 0 Å². The molecule has 0 spiro atoms. The van der Waals surface area contributed by atoms with Gasteiger partial charge in [0.05, 0.1) is 0 Å². The third-order valence-electron chi connectivity index (χ3n) is 3.49. The maximum atomic E-state index is 3.71. The second-order valence-corrected chi connectivity index (χ2v) is 5.79. The van der Waals surface area contributed by atoms with Gasteiger partial charge in [-0.3, -0.25) is 0 Å². The fraction of sp³-hybridized carbons (Fsp3) is 0.571. The standard InChI is InChI=1S/C14H22N2S/c1-11(15-13-8-9-16(2)10-13)12-4-6-14(17-3)7-5-12/h4-7,11,13,15H,8-10H2,1-3H3. The van der Waals surface area contributed by atoms with E-state index in [1.54, 1.807) is 11.8 Å². The van der Waals surface area contributed by atoms with Crippen molar-refractivity contribution in [2.24, 2.45) is 0 Å². The minimum atomic E-state index is 0.447. The molecule has 2 rings (SSSR count). The summed E-state index contributed by atoms with van der Waals surface area (Å²) in [6.45, 7) is 4.65. The number of rotatable bonds is 4. The third kappa shape index (κ3) is 3.47. The summed E-state index contributed by atoms with van der Waals surface area (Å²) in [7, 11) is 2.19. The zero-order valence-electron chi connectivity index (χ0n) is 10.9. The summed E-state index contributed by atoms with van der Waals surface area (Å²) < 4.78 is 0. The van der Waals surface area contributed by atoms with Crippen LogP contribution in [0.1, 0.15) is 24.9 Å². The molecule has 1 fully saturated rings. The fourth-order valence-corrected chi connectivity index (χ4v) is 2.82. The Balaban J connectivity index is 1.92. The molecule has 0 aliphatic carbocycles. The van der Waals surface area contributed by atoms with Gasteiger partial charge in [-0.15, -0.1) is 11.8 Å². The van der Waals surface area contributed by atoms with E-state index in [9.17, 15) is 0 Å². The van der Waals surface area contributed by atoms with Crippen LogP contribution in [0, 0.1) is 0 Å². The Hall–Kier alpha value is -0.510. The van der Waals surface area contributed by atoms with Crippen molar-refractivity contribution in [3.8, 4) is 0 Å². The van der Waals surface area contributed by atoms with Gasteiger partial charge in [0, 0.05) is 23.5 Å². The minimum Gasteiger partial charge on any atom is -0.306 e. The number of nitrogens with one attached hydrogen (secondary N) is 1. The number of hydrogen-bond acceptors (Lipinski definition) is 3. The summed E-state index contributed by atoms with van der Waals surface area (Å²) in [6.07, 6.45) is 3.38. The lowest BCUT2D eigenvalue weighted by atomic mass is 10.1. The Morgan fingerprint density at radius 3 is 2.59 bits per heavy atom. The van der Waals surface area contributed by atoms with Crippen LogP contribution < -0.4 is 5.32 Å². The maximum absolute atomic E-state index is 3.71. The van der Waals surface area contributed by atoms with Gasteiger partial charge in [0.1, 0.15) is 0 Å². The monoisotopic (exact) mass is 250 g/mol. The van der Waals surface area contributed by atoms with Crippen LogP contribution in [0.4, 0.5) is 0 Å². The molecule has 17 heavy (non-hydrogen) atoms. The molecule has 1 saturated heterocycles. The molecular formula is C14H22N2S. The van der Waals surface area contributed by atoms with Crippen molar-refractivity contribution in [3.63, 3.8) is 0 Å². The lowest BCUT2D eigenvalue weighted by Crippen LogP contribution is -2.33. The molecule has 1 heterocycles. The molecule has 1 aromatic rings. The van der Waals surface area contributed by atoms with Crippen LogP contribution in [0.3, 0.4) is 0 Å². The van der Waals surface area contributed by atoms with Crippen LogP contribution in [-0.4, -0.2) is 37.3 Å². The topological polar surface area (TPSA) is 15.3 Å². The molecule has 0 radical (unpaired) electrons. The van der Waals surface area contributed by atoms with Crippen LogP contribution in [0.25, 0.3) is 0 Å². The molecule has 2 unspecified atom stereocenters. The number of likely N-dealkylation sites (tertiary alicyclic amines) is 1. The van der Waals surface area contributed by atoms with Crippen LogP contribution in [0.2, 0.25) is 0 Å².